The Labute approximate surface area is 233 Å². The summed E-state index contributed by atoms with van der Waals surface area (Å²) in [6, 6.07) is 13.6. The third kappa shape index (κ3) is 6.67. The van der Waals surface area contributed by atoms with Crippen LogP contribution in [0.3, 0.4) is 0 Å². The molecule has 11 nitrogen and oxygen atoms in total. The number of para-hydroxylation sites is 1. The summed E-state index contributed by atoms with van der Waals surface area (Å²) >= 11 is 0. The Kier molecular flexibility index (Phi) is 8.85. The minimum Gasteiger partial charge on any atom is -0.494 e. The molecule has 4 rings (SSSR count). The molecule has 0 aliphatic rings. The van der Waals surface area contributed by atoms with E-state index in [0.717, 1.165) is 34.4 Å². The first kappa shape index (κ1) is 28.4. The summed E-state index contributed by atoms with van der Waals surface area (Å²) in [6.07, 6.45) is 3.34. The van der Waals surface area contributed by atoms with E-state index in [-0.39, 0.29) is 12.8 Å². The number of nitrogens with one attached hydrogen (secondary N) is 2. The van der Waals surface area contributed by atoms with E-state index in [1.54, 1.807) is 19.4 Å². The van der Waals surface area contributed by atoms with Crippen molar-refractivity contribution >= 4 is 45.8 Å². The lowest BCUT2D eigenvalue weighted by Crippen LogP contribution is -2.29. The summed E-state index contributed by atoms with van der Waals surface area (Å²) in [5, 5.41) is 16.2. The SMILES string of the molecule is COc1cc(N(C)CCN(C)C)c(NC(=O)CCC(=O)O)cc1Nc1nccc(-c2cn(C)c3ccccc23)n1. The number of ether oxygens (including phenoxy) is 1. The number of carboxylic acid groups (broad SMARTS) is 1. The van der Waals surface area contributed by atoms with Gasteiger partial charge < -0.3 is 34.8 Å². The lowest BCUT2D eigenvalue weighted by Gasteiger charge is -2.26. The van der Waals surface area contributed by atoms with Gasteiger partial charge in [-0.15, -0.1) is 0 Å². The first-order valence-corrected chi connectivity index (χ1v) is 12.9. The van der Waals surface area contributed by atoms with Crippen molar-refractivity contribution < 1.29 is 19.4 Å². The van der Waals surface area contributed by atoms with Crippen LogP contribution in [0.2, 0.25) is 0 Å². The first-order valence-electron chi connectivity index (χ1n) is 12.9. The van der Waals surface area contributed by atoms with Gasteiger partial charge in [0.2, 0.25) is 11.9 Å². The largest absolute Gasteiger partial charge is 0.494 e. The second kappa shape index (κ2) is 12.5. The number of carboxylic acids is 1. The number of rotatable bonds is 12. The number of hydrogen-bond donors (Lipinski definition) is 3. The normalized spacial score (nSPS) is 11.1. The number of aliphatic carboxylic acids is 1. The molecule has 2 aromatic heterocycles. The van der Waals surface area contributed by atoms with Crippen molar-refractivity contribution in [2.45, 2.75) is 12.8 Å². The van der Waals surface area contributed by atoms with Crippen molar-refractivity contribution in [2.24, 2.45) is 7.05 Å². The molecule has 0 unspecified atom stereocenters. The molecular weight excluding hydrogens is 510 g/mol. The van der Waals surface area contributed by atoms with Gasteiger partial charge in [0.05, 0.1) is 36.3 Å². The van der Waals surface area contributed by atoms with Crippen LogP contribution in [0.5, 0.6) is 5.75 Å². The van der Waals surface area contributed by atoms with Gasteiger partial charge in [-0.05, 0) is 32.3 Å². The van der Waals surface area contributed by atoms with Crippen LogP contribution in [-0.4, -0.2) is 77.8 Å². The van der Waals surface area contributed by atoms with Crippen LogP contribution in [0.25, 0.3) is 22.2 Å². The summed E-state index contributed by atoms with van der Waals surface area (Å²) in [5.41, 5.74) is 4.65. The van der Waals surface area contributed by atoms with Gasteiger partial charge in [-0.25, -0.2) is 9.97 Å². The number of aromatic nitrogens is 3. The topological polar surface area (TPSA) is 125 Å². The van der Waals surface area contributed by atoms with Crippen LogP contribution in [-0.2, 0) is 16.6 Å². The van der Waals surface area contributed by atoms with E-state index < -0.39 is 11.9 Å². The minimum atomic E-state index is -1.03. The fourth-order valence-corrected chi connectivity index (χ4v) is 4.39. The van der Waals surface area contributed by atoms with E-state index in [1.807, 2.05) is 63.6 Å². The smallest absolute Gasteiger partial charge is 0.303 e. The van der Waals surface area contributed by atoms with E-state index in [1.165, 1.54) is 0 Å². The fraction of sp³-hybridized carbons (Fsp3) is 0.310. The molecule has 0 bridgehead atoms. The highest BCUT2D eigenvalue weighted by Gasteiger charge is 2.18. The molecule has 4 aromatic rings. The molecule has 0 radical (unpaired) electrons. The summed E-state index contributed by atoms with van der Waals surface area (Å²) in [7, 11) is 9.48. The number of carbonyl (C=O) groups excluding carboxylic acids is 1. The van der Waals surface area contributed by atoms with E-state index in [4.69, 9.17) is 14.8 Å². The maximum Gasteiger partial charge on any atom is 0.303 e. The Morgan fingerprint density at radius 2 is 1.82 bits per heavy atom. The average Bonchev–Trinajstić information content (AvgIpc) is 3.27. The molecule has 0 aliphatic carbocycles. The molecule has 1 amide bonds. The first-order chi connectivity index (χ1) is 19.2. The monoisotopic (exact) mass is 545 g/mol. The Balaban J connectivity index is 1.69. The van der Waals surface area contributed by atoms with Gasteiger partial charge >= 0.3 is 5.97 Å². The van der Waals surface area contributed by atoms with Crippen LogP contribution in [0.1, 0.15) is 12.8 Å². The lowest BCUT2D eigenvalue weighted by atomic mass is 10.1. The maximum atomic E-state index is 12.6. The Morgan fingerprint density at radius 1 is 1.05 bits per heavy atom. The highest BCUT2D eigenvalue weighted by atomic mass is 16.5. The fourth-order valence-electron chi connectivity index (χ4n) is 4.39. The molecule has 11 heteroatoms. The van der Waals surface area contributed by atoms with Crippen molar-refractivity contribution in [1.29, 1.82) is 0 Å². The third-order valence-corrected chi connectivity index (χ3v) is 6.53. The number of hydrogen-bond acceptors (Lipinski definition) is 8. The zero-order valence-electron chi connectivity index (χ0n) is 23.4. The average molecular weight is 546 g/mol. The molecule has 2 heterocycles. The third-order valence-electron chi connectivity index (χ3n) is 6.53. The van der Waals surface area contributed by atoms with E-state index in [2.05, 4.69) is 37.2 Å². The van der Waals surface area contributed by atoms with Gasteiger partial charge in [0, 0.05) is 68.5 Å². The standard InChI is InChI=1S/C29H35N7O4/c1-34(2)14-15-35(3)25-17-26(40-5)23(16-22(25)31-27(37)10-11-28(38)39)33-29-30-13-12-21(32-29)20-18-36(4)24-9-7-6-8-19(20)24/h6-9,12-13,16-18H,10-11,14-15H2,1-5H3,(H,31,37)(H,38,39)(H,30,32,33). The number of likely N-dealkylation sites (N-methyl/N-ethyl adjacent to an activating group) is 2. The van der Waals surface area contributed by atoms with Crippen molar-refractivity contribution in [3.63, 3.8) is 0 Å². The summed E-state index contributed by atoms with van der Waals surface area (Å²) < 4.78 is 7.76. The number of aryl methyl sites for hydroxylation is 1. The van der Waals surface area contributed by atoms with E-state index >= 15 is 0 Å². The number of carbonyl (C=O) groups is 2. The lowest BCUT2D eigenvalue weighted by molar-refractivity contribution is -0.138. The maximum absolute atomic E-state index is 12.6. The predicted molar refractivity (Wildman–Crippen MR) is 158 cm³/mol. The molecule has 0 spiro atoms. The molecule has 3 N–H and O–H groups in total. The Bertz CT molecular complexity index is 1520. The summed E-state index contributed by atoms with van der Waals surface area (Å²) in [5.74, 6) is -0.524. The van der Waals surface area contributed by atoms with Crippen LogP contribution in [0.4, 0.5) is 23.0 Å². The molecule has 0 fully saturated rings. The van der Waals surface area contributed by atoms with Crippen LogP contribution < -0.4 is 20.3 Å². The molecule has 0 saturated carbocycles. The number of fused-ring (bicyclic) bond motifs is 1. The number of anilines is 4. The second-order valence-corrected chi connectivity index (χ2v) is 9.80. The van der Waals surface area contributed by atoms with Gasteiger partial charge in [0.1, 0.15) is 5.75 Å². The van der Waals surface area contributed by atoms with Gasteiger partial charge in [-0.2, -0.15) is 0 Å². The van der Waals surface area contributed by atoms with Crippen LogP contribution >= 0.6 is 0 Å². The summed E-state index contributed by atoms with van der Waals surface area (Å²) in [6.45, 7) is 1.48. The number of amides is 1. The molecule has 0 saturated heterocycles. The van der Waals surface area contributed by atoms with Gasteiger partial charge in [-0.3, -0.25) is 9.59 Å². The zero-order valence-corrected chi connectivity index (χ0v) is 23.4. The van der Waals surface area contributed by atoms with Crippen LogP contribution in [0.15, 0.2) is 54.9 Å². The van der Waals surface area contributed by atoms with E-state index in [9.17, 15) is 9.59 Å². The van der Waals surface area contributed by atoms with Crippen molar-refractivity contribution in [3.05, 3.63) is 54.9 Å². The number of benzene rings is 2. The number of nitrogens with zero attached hydrogens (tertiary/aromatic N) is 5. The number of methoxy groups -OCH3 is 1. The van der Waals surface area contributed by atoms with Crippen molar-refractivity contribution in [2.75, 3.05) is 56.9 Å². The van der Waals surface area contributed by atoms with Crippen LogP contribution in [0, 0.1) is 0 Å². The predicted octanol–water partition coefficient (Wildman–Crippen LogP) is 4.19. The minimum absolute atomic E-state index is 0.138. The quantitative estimate of drug-likeness (QED) is 0.240. The molecule has 40 heavy (non-hydrogen) atoms. The Morgan fingerprint density at radius 3 is 2.55 bits per heavy atom. The molecular formula is C29H35N7O4. The van der Waals surface area contributed by atoms with Crippen molar-refractivity contribution in [3.8, 4) is 17.0 Å². The molecule has 0 aliphatic heterocycles. The molecule has 2 aromatic carbocycles. The highest BCUT2D eigenvalue weighted by Crippen LogP contribution is 2.38. The van der Waals surface area contributed by atoms with Gasteiger partial charge in [0.15, 0.2) is 0 Å². The van der Waals surface area contributed by atoms with Gasteiger partial charge in [-0.1, -0.05) is 18.2 Å². The summed E-state index contributed by atoms with van der Waals surface area (Å²) in [4.78, 5) is 36.9. The Hall–Kier alpha value is -4.64. The van der Waals surface area contributed by atoms with Gasteiger partial charge in [0.25, 0.3) is 0 Å². The molecule has 210 valence electrons. The highest BCUT2D eigenvalue weighted by molar-refractivity contribution is 5.97. The molecule has 0 atom stereocenters. The van der Waals surface area contributed by atoms with E-state index in [0.29, 0.717) is 29.6 Å². The van der Waals surface area contributed by atoms with Crippen molar-refractivity contribution in [1.82, 2.24) is 19.4 Å². The zero-order chi connectivity index (χ0) is 28.8. The second-order valence-electron chi connectivity index (χ2n) is 9.80.